The third-order valence-electron chi connectivity index (χ3n) is 2.59. The quantitative estimate of drug-likeness (QED) is 0.710. The minimum absolute atomic E-state index is 0.0144. The standard InChI is InChI=1S/C8H12ClF2NO/c9-6-3-13-4-7(6)12-2-5-1-8(5,10)11/h5-7,12H,1-4H2. The van der Waals surface area contributed by atoms with Crippen LogP contribution in [0.2, 0.25) is 0 Å². The molecule has 0 bridgehead atoms. The molecule has 5 heteroatoms. The van der Waals surface area contributed by atoms with Crippen LogP contribution in [0.1, 0.15) is 6.42 Å². The molecule has 1 heterocycles. The molecule has 1 aliphatic carbocycles. The highest BCUT2D eigenvalue weighted by atomic mass is 35.5. The minimum Gasteiger partial charge on any atom is -0.378 e. The van der Waals surface area contributed by atoms with Crippen molar-refractivity contribution >= 4 is 11.6 Å². The monoisotopic (exact) mass is 211 g/mol. The highest BCUT2D eigenvalue weighted by Crippen LogP contribution is 2.48. The number of ether oxygens (including phenoxy) is 1. The van der Waals surface area contributed by atoms with Gasteiger partial charge in [0, 0.05) is 24.9 Å². The van der Waals surface area contributed by atoms with Crippen LogP contribution in [0, 0.1) is 5.92 Å². The summed E-state index contributed by atoms with van der Waals surface area (Å²) in [5.41, 5.74) is 0. The normalized spacial score (nSPS) is 42.2. The fourth-order valence-corrected chi connectivity index (χ4v) is 1.75. The van der Waals surface area contributed by atoms with Crippen LogP contribution in [0.3, 0.4) is 0 Å². The van der Waals surface area contributed by atoms with Gasteiger partial charge in [-0.05, 0) is 0 Å². The molecule has 76 valence electrons. The van der Waals surface area contributed by atoms with E-state index in [2.05, 4.69) is 5.32 Å². The SMILES string of the molecule is FC1(F)CC1CNC1COCC1Cl. The molecule has 0 amide bonds. The fourth-order valence-electron chi connectivity index (χ4n) is 1.50. The lowest BCUT2D eigenvalue weighted by molar-refractivity contribution is 0.0977. The van der Waals surface area contributed by atoms with Crippen molar-refractivity contribution in [1.82, 2.24) is 5.32 Å². The van der Waals surface area contributed by atoms with Crippen molar-refractivity contribution in [3.63, 3.8) is 0 Å². The molecule has 1 saturated carbocycles. The van der Waals surface area contributed by atoms with Crippen LogP contribution in [0.5, 0.6) is 0 Å². The molecule has 1 N–H and O–H groups in total. The van der Waals surface area contributed by atoms with E-state index in [4.69, 9.17) is 16.3 Å². The number of alkyl halides is 3. The van der Waals surface area contributed by atoms with Crippen LogP contribution in [0.4, 0.5) is 8.78 Å². The Hall–Kier alpha value is 0.0700. The molecule has 1 saturated heterocycles. The molecule has 2 aliphatic rings. The summed E-state index contributed by atoms with van der Waals surface area (Å²) in [5, 5.41) is 2.94. The van der Waals surface area contributed by atoms with Gasteiger partial charge in [0.05, 0.1) is 18.6 Å². The lowest BCUT2D eigenvalue weighted by Crippen LogP contribution is -2.37. The summed E-state index contributed by atoms with van der Waals surface area (Å²) in [7, 11) is 0. The molecule has 0 radical (unpaired) electrons. The van der Waals surface area contributed by atoms with Crippen LogP contribution in [-0.2, 0) is 4.74 Å². The summed E-state index contributed by atoms with van der Waals surface area (Å²) in [6.07, 6.45) is 0.0144. The second kappa shape index (κ2) is 3.33. The second-order valence-electron chi connectivity index (χ2n) is 3.73. The van der Waals surface area contributed by atoms with Crippen LogP contribution >= 0.6 is 11.6 Å². The van der Waals surface area contributed by atoms with Gasteiger partial charge in [-0.1, -0.05) is 0 Å². The Morgan fingerprint density at radius 1 is 1.46 bits per heavy atom. The van der Waals surface area contributed by atoms with Gasteiger partial charge in [0.25, 0.3) is 5.92 Å². The zero-order valence-corrected chi connectivity index (χ0v) is 7.86. The molecule has 0 aromatic rings. The van der Waals surface area contributed by atoms with Crippen molar-refractivity contribution in [2.75, 3.05) is 19.8 Å². The third kappa shape index (κ3) is 2.11. The minimum atomic E-state index is -2.44. The maximum Gasteiger partial charge on any atom is 0.252 e. The molecular weight excluding hydrogens is 200 g/mol. The van der Waals surface area contributed by atoms with E-state index < -0.39 is 11.8 Å². The number of halogens is 3. The zero-order chi connectivity index (χ0) is 9.47. The van der Waals surface area contributed by atoms with Crippen molar-refractivity contribution < 1.29 is 13.5 Å². The molecule has 13 heavy (non-hydrogen) atoms. The van der Waals surface area contributed by atoms with Crippen molar-refractivity contribution in [3.8, 4) is 0 Å². The van der Waals surface area contributed by atoms with Crippen molar-refractivity contribution in [2.45, 2.75) is 23.8 Å². The van der Waals surface area contributed by atoms with Crippen molar-refractivity contribution in [2.24, 2.45) is 5.92 Å². The Morgan fingerprint density at radius 3 is 2.62 bits per heavy atom. The number of hydrogen-bond donors (Lipinski definition) is 1. The summed E-state index contributed by atoms with van der Waals surface area (Å²) in [4.78, 5) is 0. The lowest BCUT2D eigenvalue weighted by atomic mass is 10.2. The fraction of sp³-hybridized carbons (Fsp3) is 1.00. The Bertz CT molecular complexity index is 203. The van der Waals surface area contributed by atoms with Crippen molar-refractivity contribution in [3.05, 3.63) is 0 Å². The van der Waals surface area contributed by atoms with E-state index >= 15 is 0 Å². The van der Waals surface area contributed by atoms with Gasteiger partial charge in [-0.3, -0.25) is 0 Å². The van der Waals surface area contributed by atoms with E-state index in [0.29, 0.717) is 19.8 Å². The van der Waals surface area contributed by atoms with Crippen molar-refractivity contribution in [1.29, 1.82) is 0 Å². The van der Waals surface area contributed by atoms with Crippen LogP contribution in [0.15, 0.2) is 0 Å². The number of hydrogen-bond acceptors (Lipinski definition) is 2. The van der Waals surface area contributed by atoms with E-state index in [1.54, 1.807) is 0 Å². The number of rotatable bonds is 3. The first-order valence-electron chi connectivity index (χ1n) is 4.42. The van der Waals surface area contributed by atoms with Crippen LogP contribution in [-0.4, -0.2) is 37.1 Å². The van der Waals surface area contributed by atoms with Gasteiger partial charge in [0.15, 0.2) is 0 Å². The Kier molecular flexibility index (Phi) is 2.47. The van der Waals surface area contributed by atoms with Gasteiger partial charge in [0.1, 0.15) is 0 Å². The highest BCUT2D eigenvalue weighted by molar-refractivity contribution is 6.21. The molecule has 0 aromatic heterocycles. The third-order valence-corrected chi connectivity index (χ3v) is 3.02. The van der Waals surface area contributed by atoms with Crippen LogP contribution < -0.4 is 5.32 Å². The maximum absolute atomic E-state index is 12.5. The Morgan fingerprint density at radius 2 is 2.15 bits per heavy atom. The summed E-state index contributed by atoms with van der Waals surface area (Å²) >= 11 is 5.88. The van der Waals surface area contributed by atoms with E-state index in [-0.39, 0.29) is 17.8 Å². The predicted molar refractivity (Wildman–Crippen MR) is 45.3 cm³/mol. The van der Waals surface area contributed by atoms with E-state index in [1.165, 1.54) is 0 Å². The molecular formula is C8H12ClF2NO. The summed E-state index contributed by atoms with van der Waals surface area (Å²) in [5.74, 6) is -2.93. The topological polar surface area (TPSA) is 21.3 Å². The molecule has 0 aromatic carbocycles. The van der Waals surface area contributed by atoms with E-state index in [1.807, 2.05) is 0 Å². The first kappa shape index (κ1) is 9.62. The van der Waals surface area contributed by atoms with Gasteiger partial charge in [0.2, 0.25) is 0 Å². The smallest absolute Gasteiger partial charge is 0.252 e. The average Bonchev–Trinajstić information content (AvgIpc) is 2.47. The molecule has 2 rings (SSSR count). The lowest BCUT2D eigenvalue weighted by Gasteiger charge is -2.13. The molecule has 0 spiro atoms. The Labute approximate surface area is 80.6 Å². The molecule has 2 nitrogen and oxygen atoms in total. The highest BCUT2D eigenvalue weighted by Gasteiger charge is 2.56. The molecule has 3 atom stereocenters. The Balaban J connectivity index is 1.68. The van der Waals surface area contributed by atoms with Crippen LogP contribution in [0.25, 0.3) is 0 Å². The maximum atomic E-state index is 12.5. The van der Waals surface area contributed by atoms with Gasteiger partial charge in [-0.15, -0.1) is 11.6 Å². The zero-order valence-electron chi connectivity index (χ0n) is 7.10. The van der Waals surface area contributed by atoms with E-state index in [0.717, 1.165) is 0 Å². The summed E-state index contributed by atoms with van der Waals surface area (Å²) < 4.78 is 30.0. The predicted octanol–water partition coefficient (Wildman–Crippen LogP) is 1.24. The number of nitrogens with one attached hydrogen (secondary N) is 1. The largest absolute Gasteiger partial charge is 0.378 e. The van der Waals surface area contributed by atoms with Gasteiger partial charge in [-0.25, -0.2) is 8.78 Å². The molecule has 2 fully saturated rings. The second-order valence-corrected chi connectivity index (χ2v) is 4.29. The van der Waals surface area contributed by atoms with Gasteiger partial charge < -0.3 is 10.1 Å². The first-order valence-corrected chi connectivity index (χ1v) is 4.86. The summed E-state index contributed by atoms with van der Waals surface area (Å²) in [6, 6.07) is 0.0399. The molecule has 3 unspecified atom stereocenters. The average molecular weight is 212 g/mol. The van der Waals surface area contributed by atoms with Gasteiger partial charge >= 0.3 is 0 Å². The van der Waals surface area contributed by atoms with E-state index in [9.17, 15) is 8.78 Å². The molecule has 1 aliphatic heterocycles. The first-order chi connectivity index (χ1) is 6.09. The summed E-state index contributed by atoms with van der Waals surface area (Å²) in [6.45, 7) is 1.40. The van der Waals surface area contributed by atoms with Gasteiger partial charge in [-0.2, -0.15) is 0 Å².